The lowest BCUT2D eigenvalue weighted by molar-refractivity contribution is -0.142. The van der Waals surface area contributed by atoms with Gasteiger partial charge in [0.2, 0.25) is 12.6 Å². The summed E-state index contributed by atoms with van der Waals surface area (Å²) in [7, 11) is 3.13. The van der Waals surface area contributed by atoms with E-state index in [1.165, 1.54) is 0 Å². The zero-order chi connectivity index (χ0) is 24.2. The van der Waals surface area contributed by atoms with Crippen molar-refractivity contribution in [2.75, 3.05) is 27.6 Å². The number of carbonyl (C=O) groups excluding carboxylic acids is 2. The van der Waals surface area contributed by atoms with E-state index in [-0.39, 0.29) is 25.6 Å². The molecule has 34 heavy (non-hydrogen) atoms. The molecule has 1 aliphatic rings. The number of hydrogen-bond acceptors (Lipinski definition) is 7. The minimum atomic E-state index is -0.437. The van der Waals surface area contributed by atoms with Gasteiger partial charge in [-0.2, -0.15) is 0 Å². The van der Waals surface area contributed by atoms with Crippen molar-refractivity contribution in [3.05, 3.63) is 65.0 Å². The van der Waals surface area contributed by atoms with Gasteiger partial charge in [0.05, 0.1) is 14.2 Å². The van der Waals surface area contributed by atoms with Crippen LogP contribution in [0.4, 0.5) is 0 Å². The van der Waals surface area contributed by atoms with Crippen LogP contribution in [0.25, 0.3) is 5.69 Å². The van der Waals surface area contributed by atoms with E-state index >= 15 is 0 Å². The van der Waals surface area contributed by atoms with Gasteiger partial charge in [-0.15, -0.1) is 0 Å². The molecule has 0 atom stereocenters. The fourth-order valence-corrected chi connectivity index (χ4v) is 4.05. The summed E-state index contributed by atoms with van der Waals surface area (Å²) in [5, 5.41) is 0. The van der Waals surface area contributed by atoms with Crippen molar-refractivity contribution in [2.24, 2.45) is 0 Å². The van der Waals surface area contributed by atoms with Crippen molar-refractivity contribution in [2.45, 2.75) is 26.7 Å². The number of aryl methyl sites for hydroxylation is 2. The summed E-state index contributed by atoms with van der Waals surface area (Å²) in [6.07, 6.45) is 0.616. The molecular weight excluding hydrogens is 438 g/mol. The number of hydrogen-bond donors (Lipinski definition) is 0. The quantitative estimate of drug-likeness (QED) is 0.346. The maximum absolute atomic E-state index is 12.8. The Balaban J connectivity index is 1.37. The third-order valence-corrected chi connectivity index (χ3v) is 5.78. The average Bonchev–Trinajstić information content (AvgIpc) is 3.43. The molecule has 0 saturated heterocycles. The second kappa shape index (κ2) is 9.91. The molecular formula is C26H27NO7. The fourth-order valence-electron chi connectivity index (χ4n) is 4.05. The standard InChI is InChI=1S/C26H27NO7/c1-16-11-20(17(2)27(16)19-7-9-23-25(13-19)34-15-33-23)21(28)14-32-26(29)10-6-18-5-8-22(30-3)24(12-18)31-4/h5,7-9,11-13H,6,10,14-15H2,1-4H3. The van der Waals surface area contributed by atoms with Crippen LogP contribution in [0.2, 0.25) is 0 Å². The lowest BCUT2D eigenvalue weighted by atomic mass is 10.1. The highest BCUT2D eigenvalue weighted by Crippen LogP contribution is 2.35. The highest BCUT2D eigenvalue weighted by molar-refractivity contribution is 5.99. The van der Waals surface area contributed by atoms with Gasteiger partial charge >= 0.3 is 5.97 Å². The van der Waals surface area contributed by atoms with Crippen molar-refractivity contribution >= 4 is 11.8 Å². The topological polar surface area (TPSA) is 85.2 Å². The molecule has 8 heteroatoms. The van der Waals surface area contributed by atoms with Crippen LogP contribution in [-0.2, 0) is 16.0 Å². The van der Waals surface area contributed by atoms with Crippen molar-refractivity contribution < 1.29 is 33.3 Å². The molecule has 0 saturated carbocycles. The first kappa shape index (κ1) is 23.2. The average molecular weight is 466 g/mol. The molecule has 0 fully saturated rings. The minimum Gasteiger partial charge on any atom is -0.493 e. The molecule has 8 nitrogen and oxygen atoms in total. The summed E-state index contributed by atoms with van der Waals surface area (Å²) in [4.78, 5) is 25.1. The minimum absolute atomic E-state index is 0.152. The largest absolute Gasteiger partial charge is 0.493 e. The first-order chi connectivity index (χ1) is 16.4. The number of carbonyl (C=O) groups is 2. The summed E-state index contributed by atoms with van der Waals surface area (Å²) in [5.74, 6) is 1.90. The molecule has 0 spiro atoms. The lowest BCUT2D eigenvalue weighted by Crippen LogP contribution is -2.15. The smallest absolute Gasteiger partial charge is 0.306 e. The predicted molar refractivity (Wildman–Crippen MR) is 125 cm³/mol. The third-order valence-electron chi connectivity index (χ3n) is 5.78. The Morgan fingerprint density at radius 3 is 2.47 bits per heavy atom. The molecule has 0 aliphatic carbocycles. The molecule has 0 bridgehead atoms. The van der Waals surface area contributed by atoms with E-state index in [4.69, 9.17) is 23.7 Å². The van der Waals surface area contributed by atoms with E-state index in [1.54, 1.807) is 26.4 Å². The Morgan fingerprint density at radius 2 is 1.71 bits per heavy atom. The molecule has 4 rings (SSSR count). The Morgan fingerprint density at radius 1 is 0.941 bits per heavy atom. The van der Waals surface area contributed by atoms with Gasteiger partial charge in [0.25, 0.3) is 0 Å². The number of benzene rings is 2. The van der Waals surface area contributed by atoms with Gasteiger partial charge in [-0.3, -0.25) is 9.59 Å². The van der Waals surface area contributed by atoms with Crippen LogP contribution in [0.3, 0.4) is 0 Å². The SMILES string of the molecule is COc1ccc(CCC(=O)OCC(=O)c2cc(C)n(-c3ccc4c(c3)OCO4)c2C)cc1OC. The van der Waals surface area contributed by atoms with Crippen LogP contribution in [0.1, 0.15) is 33.7 Å². The number of aromatic nitrogens is 1. The van der Waals surface area contributed by atoms with E-state index < -0.39 is 5.97 Å². The Labute approximate surface area is 197 Å². The summed E-state index contributed by atoms with van der Waals surface area (Å²) >= 11 is 0. The molecule has 2 heterocycles. The summed E-state index contributed by atoms with van der Waals surface area (Å²) in [5.41, 5.74) is 3.95. The van der Waals surface area contributed by atoms with Gasteiger partial charge in [0, 0.05) is 35.1 Å². The van der Waals surface area contributed by atoms with Crippen LogP contribution in [0, 0.1) is 13.8 Å². The molecule has 3 aromatic rings. The van der Waals surface area contributed by atoms with Crippen molar-refractivity contribution in [3.8, 4) is 28.7 Å². The normalized spacial score (nSPS) is 11.9. The molecule has 1 aromatic heterocycles. The van der Waals surface area contributed by atoms with Crippen LogP contribution < -0.4 is 18.9 Å². The van der Waals surface area contributed by atoms with Gasteiger partial charge in [-0.1, -0.05) is 6.07 Å². The van der Waals surface area contributed by atoms with E-state index in [9.17, 15) is 9.59 Å². The van der Waals surface area contributed by atoms with E-state index in [0.29, 0.717) is 35.0 Å². The number of Topliss-reactive ketones (excluding diaryl/α,β-unsaturated/α-hetero) is 1. The molecule has 0 N–H and O–H groups in total. The Hall–Kier alpha value is -3.94. The van der Waals surface area contributed by atoms with Gasteiger partial charge in [-0.25, -0.2) is 0 Å². The zero-order valence-electron chi connectivity index (χ0n) is 19.7. The second-order valence-electron chi connectivity index (χ2n) is 7.93. The first-order valence-electron chi connectivity index (χ1n) is 10.9. The van der Waals surface area contributed by atoms with Gasteiger partial charge < -0.3 is 28.3 Å². The maximum Gasteiger partial charge on any atom is 0.306 e. The summed E-state index contributed by atoms with van der Waals surface area (Å²) in [6.45, 7) is 3.67. The van der Waals surface area contributed by atoms with Crippen LogP contribution in [-0.4, -0.2) is 43.9 Å². The highest BCUT2D eigenvalue weighted by atomic mass is 16.7. The number of nitrogens with zero attached hydrogens (tertiary/aromatic N) is 1. The highest BCUT2D eigenvalue weighted by Gasteiger charge is 2.20. The third kappa shape index (κ3) is 4.71. The Kier molecular flexibility index (Phi) is 6.77. The number of ketones is 1. The summed E-state index contributed by atoms with van der Waals surface area (Å²) < 4.78 is 28.6. The van der Waals surface area contributed by atoms with Gasteiger partial charge in [-0.05, 0) is 56.2 Å². The predicted octanol–water partition coefficient (Wildman–Crippen LogP) is 4.20. The Bertz CT molecular complexity index is 1230. The summed E-state index contributed by atoms with van der Waals surface area (Å²) in [6, 6.07) is 12.9. The number of rotatable bonds is 9. The number of fused-ring (bicyclic) bond motifs is 1. The van der Waals surface area contributed by atoms with Gasteiger partial charge in [0.15, 0.2) is 29.6 Å². The molecule has 1 aliphatic heterocycles. The number of methoxy groups -OCH3 is 2. The molecule has 0 amide bonds. The fraction of sp³-hybridized carbons (Fsp3) is 0.308. The van der Waals surface area contributed by atoms with E-state index in [1.807, 2.05) is 48.7 Å². The molecule has 0 radical (unpaired) electrons. The molecule has 178 valence electrons. The number of esters is 1. The van der Waals surface area contributed by atoms with Crippen molar-refractivity contribution in [3.63, 3.8) is 0 Å². The van der Waals surface area contributed by atoms with Crippen molar-refractivity contribution in [1.82, 2.24) is 4.57 Å². The molecule has 0 unspecified atom stereocenters. The number of ether oxygens (including phenoxy) is 5. The van der Waals surface area contributed by atoms with Crippen LogP contribution >= 0.6 is 0 Å². The van der Waals surface area contributed by atoms with Crippen molar-refractivity contribution in [1.29, 1.82) is 0 Å². The van der Waals surface area contributed by atoms with Crippen LogP contribution in [0.5, 0.6) is 23.0 Å². The monoisotopic (exact) mass is 465 g/mol. The first-order valence-corrected chi connectivity index (χ1v) is 10.9. The zero-order valence-corrected chi connectivity index (χ0v) is 19.7. The van der Waals surface area contributed by atoms with Crippen LogP contribution in [0.15, 0.2) is 42.5 Å². The molecule has 2 aromatic carbocycles. The second-order valence-corrected chi connectivity index (χ2v) is 7.93. The maximum atomic E-state index is 12.8. The van der Waals surface area contributed by atoms with Gasteiger partial charge in [0.1, 0.15) is 0 Å². The lowest BCUT2D eigenvalue weighted by Gasteiger charge is -2.11. The van der Waals surface area contributed by atoms with E-state index in [0.717, 1.165) is 22.6 Å². The van der Waals surface area contributed by atoms with E-state index in [2.05, 4.69) is 0 Å².